The van der Waals surface area contributed by atoms with Crippen molar-refractivity contribution in [2.75, 3.05) is 13.1 Å². The van der Waals surface area contributed by atoms with E-state index in [1.54, 1.807) is 11.3 Å². The molecule has 1 unspecified atom stereocenters. The van der Waals surface area contributed by atoms with Gasteiger partial charge in [-0.15, -0.1) is 11.3 Å². The molecule has 3 nitrogen and oxygen atoms in total. The molecule has 1 fully saturated rings. The zero-order valence-corrected chi connectivity index (χ0v) is 11.0. The number of hydrogen-bond donors (Lipinski definition) is 1. The Morgan fingerprint density at radius 2 is 2.19 bits per heavy atom. The van der Waals surface area contributed by atoms with Gasteiger partial charge in [-0.1, -0.05) is 0 Å². The average Bonchev–Trinajstić information content (AvgIpc) is 2.89. The molecule has 90 valence electrons. The van der Waals surface area contributed by atoms with Crippen LogP contribution in [0.2, 0.25) is 0 Å². The highest BCUT2D eigenvalue weighted by Gasteiger charge is 2.34. The molecule has 1 aliphatic rings. The second-order valence-electron chi connectivity index (χ2n) is 5.13. The lowest BCUT2D eigenvalue weighted by Crippen LogP contribution is -2.55. The Labute approximate surface area is 102 Å². The Balaban J connectivity index is 1.99. The third kappa shape index (κ3) is 2.44. The summed E-state index contributed by atoms with van der Waals surface area (Å²) >= 11 is 1.70. The highest BCUT2D eigenvalue weighted by Crippen LogP contribution is 2.25. The van der Waals surface area contributed by atoms with Crippen LogP contribution >= 0.6 is 11.3 Å². The van der Waals surface area contributed by atoms with E-state index in [2.05, 4.69) is 23.7 Å². The van der Waals surface area contributed by atoms with Crippen LogP contribution in [0.15, 0.2) is 11.7 Å². The molecule has 0 aliphatic carbocycles. The molecule has 0 radical (unpaired) electrons. The summed E-state index contributed by atoms with van der Waals surface area (Å²) in [6, 6.07) is 0.186. The summed E-state index contributed by atoms with van der Waals surface area (Å²) in [5.41, 5.74) is 8.34. The van der Waals surface area contributed by atoms with E-state index in [0.717, 1.165) is 6.42 Å². The maximum absolute atomic E-state index is 6.36. The van der Waals surface area contributed by atoms with Crippen molar-refractivity contribution >= 4 is 11.3 Å². The maximum atomic E-state index is 6.36. The molecule has 0 spiro atoms. The smallest absolute Gasteiger partial charge is 0.0794 e. The molecule has 0 bridgehead atoms. The molecule has 2 heterocycles. The van der Waals surface area contributed by atoms with Crippen LogP contribution in [0.3, 0.4) is 0 Å². The van der Waals surface area contributed by atoms with E-state index in [4.69, 9.17) is 5.73 Å². The van der Waals surface area contributed by atoms with Gasteiger partial charge in [0.2, 0.25) is 0 Å². The van der Waals surface area contributed by atoms with Crippen molar-refractivity contribution in [3.63, 3.8) is 0 Å². The van der Waals surface area contributed by atoms with E-state index in [1.165, 1.54) is 30.8 Å². The summed E-state index contributed by atoms with van der Waals surface area (Å²) < 4.78 is 0. The number of aromatic nitrogens is 1. The lowest BCUT2D eigenvalue weighted by atomic mass is 9.90. The third-order valence-electron chi connectivity index (χ3n) is 3.73. The number of nitrogens with two attached hydrogens (primary N) is 1. The van der Waals surface area contributed by atoms with Crippen molar-refractivity contribution in [1.82, 2.24) is 9.88 Å². The highest BCUT2D eigenvalue weighted by molar-refractivity contribution is 7.09. The molecule has 0 aromatic carbocycles. The molecule has 16 heavy (non-hydrogen) atoms. The van der Waals surface area contributed by atoms with Crippen LogP contribution in [0.4, 0.5) is 0 Å². The van der Waals surface area contributed by atoms with Gasteiger partial charge in [-0.3, -0.25) is 9.88 Å². The van der Waals surface area contributed by atoms with Gasteiger partial charge in [0.05, 0.1) is 5.51 Å². The van der Waals surface area contributed by atoms with E-state index in [-0.39, 0.29) is 11.6 Å². The van der Waals surface area contributed by atoms with Crippen molar-refractivity contribution in [2.24, 2.45) is 5.73 Å². The summed E-state index contributed by atoms with van der Waals surface area (Å²) in [5, 5.41) is 0. The standard InChI is InChI=1S/C12H21N3S/c1-12(2,15-5-3-4-6-15)11(13)7-10-8-14-9-16-10/h8-9,11H,3-7,13H2,1-2H3. The van der Waals surface area contributed by atoms with Crippen LogP contribution in [0.1, 0.15) is 31.6 Å². The molecular weight excluding hydrogens is 218 g/mol. The Morgan fingerprint density at radius 3 is 2.75 bits per heavy atom. The van der Waals surface area contributed by atoms with Gasteiger partial charge in [0.25, 0.3) is 0 Å². The van der Waals surface area contributed by atoms with Gasteiger partial charge < -0.3 is 5.73 Å². The zero-order valence-electron chi connectivity index (χ0n) is 10.1. The van der Waals surface area contributed by atoms with Crippen molar-refractivity contribution in [3.8, 4) is 0 Å². The fourth-order valence-corrected chi connectivity index (χ4v) is 2.99. The fraction of sp³-hybridized carbons (Fsp3) is 0.750. The normalized spacial score (nSPS) is 20.2. The number of hydrogen-bond acceptors (Lipinski definition) is 4. The summed E-state index contributed by atoms with van der Waals surface area (Å²) in [6.07, 6.45) is 5.51. The third-order valence-corrected chi connectivity index (χ3v) is 4.54. The molecule has 4 heteroatoms. The van der Waals surface area contributed by atoms with Crippen molar-refractivity contribution < 1.29 is 0 Å². The molecular formula is C12H21N3S. The minimum absolute atomic E-state index is 0.0977. The molecule has 1 aliphatic heterocycles. The SMILES string of the molecule is CC(C)(C(N)Cc1cncs1)N1CCCC1. The first-order valence-corrected chi connectivity index (χ1v) is 6.86. The monoisotopic (exact) mass is 239 g/mol. The molecule has 0 amide bonds. The molecule has 1 aromatic heterocycles. The van der Waals surface area contributed by atoms with Gasteiger partial charge in [0.15, 0.2) is 0 Å². The van der Waals surface area contributed by atoms with Crippen molar-refractivity contribution in [3.05, 3.63) is 16.6 Å². The lowest BCUT2D eigenvalue weighted by Gasteiger charge is -2.40. The lowest BCUT2D eigenvalue weighted by molar-refractivity contribution is 0.124. The van der Waals surface area contributed by atoms with Gasteiger partial charge in [0, 0.05) is 29.1 Å². The number of likely N-dealkylation sites (tertiary alicyclic amines) is 1. The van der Waals surface area contributed by atoms with Crippen LogP contribution in [0.5, 0.6) is 0 Å². The fourth-order valence-electron chi connectivity index (χ4n) is 2.34. The first-order valence-electron chi connectivity index (χ1n) is 5.98. The predicted octanol–water partition coefficient (Wildman–Crippen LogP) is 1.89. The van der Waals surface area contributed by atoms with E-state index in [1.807, 2.05) is 11.7 Å². The van der Waals surface area contributed by atoms with E-state index < -0.39 is 0 Å². The minimum atomic E-state index is 0.0977. The van der Waals surface area contributed by atoms with Gasteiger partial charge in [-0.2, -0.15) is 0 Å². The van der Waals surface area contributed by atoms with Crippen LogP contribution in [0.25, 0.3) is 0 Å². The maximum Gasteiger partial charge on any atom is 0.0794 e. The summed E-state index contributed by atoms with van der Waals surface area (Å²) in [4.78, 5) is 7.92. The quantitative estimate of drug-likeness (QED) is 0.872. The van der Waals surface area contributed by atoms with Crippen LogP contribution < -0.4 is 5.73 Å². The number of thiazole rings is 1. The average molecular weight is 239 g/mol. The zero-order chi connectivity index (χ0) is 11.6. The van der Waals surface area contributed by atoms with Crippen molar-refractivity contribution in [1.29, 1.82) is 0 Å². The predicted molar refractivity (Wildman–Crippen MR) is 68.7 cm³/mol. The summed E-state index contributed by atoms with van der Waals surface area (Å²) in [5.74, 6) is 0. The largest absolute Gasteiger partial charge is 0.326 e. The second kappa shape index (κ2) is 4.82. The Hall–Kier alpha value is -0.450. The molecule has 1 aromatic rings. The van der Waals surface area contributed by atoms with Gasteiger partial charge in [0.1, 0.15) is 0 Å². The van der Waals surface area contributed by atoms with Crippen LogP contribution in [-0.2, 0) is 6.42 Å². The second-order valence-corrected chi connectivity index (χ2v) is 6.10. The Bertz CT molecular complexity index is 315. The summed E-state index contributed by atoms with van der Waals surface area (Å²) in [7, 11) is 0. The Morgan fingerprint density at radius 1 is 1.50 bits per heavy atom. The van der Waals surface area contributed by atoms with Gasteiger partial charge in [-0.05, 0) is 39.8 Å². The molecule has 1 saturated heterocycles. The molecule has 2 rings (SSSR count). The molecule has 0 saturated carbocycles. The van der Waals surface area contributed by atoms with Crippen LogP contribution in [0, 0.1) is 0 Å². The molecule has 1 atom stereocenters. The number of rotatable bonds is 4. The first-order chi connectivity index (χ1) is 7.60. The number of nitrogens with zero attached hydrogens (tertiary/aromatic N) is 2. The topological polar surface area (TPSA) is 42.1 Å². The first kappa shape index (κ1) is 12.0. The Kier molecular flexibility index (Phi) is 3.62. The van der Waals surface area contributed by atoms with Crippen LogP contribution in [-0.4, -0.2) is 34.6 Å². The summed E-state index contributed by atoms with van der Waals surface area (Å²) in [6.45, 7) is 6.93. The molecule has 2 N–H and O–H groups in total. The van der Waals surface area contributed by atoms with Gasteiger partial charge in [-0.25, -0.2) is 0 Å². The van der Waals surface area contributed by atoms with Gasteiger partial charge >= 0.3 is 0 Å². The van der Waals surface area contributed by atoms with E-state index in [9.17, 15) is 0 Å². The van der Waals surface area contributed by atoms with Crippen molar-refractivity contribution in [2.45, 2.75) is 44.7 Å². The minimum Gasteiger partial charge on any atom is -0.326 e. The highest BCUT2D eigenvalue weighted by atomic mass is 32.1. The van der Waals surface area contributed by atoms with E-state index in [0.29, 0.717) is 0 Å². The van der Waals surface area contributed by atoms with E-state index >= 15 is 0 Å².